The largest absolute Gasteiger partial charge is 0.454 e. The van der Waals surface area contributed by atoms with Crippen LogP contribution >= 0.6 is 0 Å². The van der Waals surface area contributed by atoms with Crippen LogP contribution in [0.5, 0.6) is 11.5 Å². The quantitative estimate of drug-likeness (QED) is 0.798. The van der Waals surface area contributed by atoms with Gasteiger partial charge in [-0.2, -0.15) is 0 Å². The van der Waals surface area contributed by atoms with Gasteiger partial charge >= 0.3 is 5.97 Å². The molecule has 1 aliphatic heterocycles. The van der Waals surface area contributed by atoms with Crippen LogP contribution in [0.15, 0.2) is 42.5 Å². The molecule has 26 heavy (non-hydrogen) atoms. The Kier molecular flexibility index (Phi) is 5.26. The molecule has 0 aliphatic carbocycles. The number of esters is 1. The predicted molar refractivity (Wildman–Crippen MR) is 95.5 cm³/mol. The first-order valence-corrected chi connectivity index (χ1v) is 8.12. The lowest BCUT2D eigenvalue weighted by molar-refractivity contribution is -0.124. The number of carbonyl (C=O) groups excluding carboxylic acids is 2. The molecule has 136 valence electrons. The Hall–Kier alpha value is -3.22. The van der Waals surface area contributed by atoms with Crippen molar-refractivity contribution in [1.29, 1.82) is 0 Å². The molecular weight excluding hydrogens is 336 g/mol. The normalized spacial score (nSPS) is 11.8. The zero-order valence-electron chi connectivity index (χ0n) is 14.7. The van der Waals surface area contributed by atoms with Crippen LogP contribution in [0.4, 0.5) is 5.69 Å². The Morgan fingerprint density at radius 1 is 1.08 bits per heavy atom. The van der Waals surface area contributed by atoms with E-state index >= 15 is 0 Å². The fourth-order valence-corrected chi connectivity index (χ4v) is 2.40. The Labute approximate surface area is 151 Å². The molecule has 1 aliphatic rings. The van der Waals surface area contributed by atoms with Gasteiger partial charge < -0.3 is 24.4 Å². The van der Waals surface area contributed by atoms with E-state index in [-0.39, 0.29) is 19.3 Å². The van der Waals surface area contributed by atoms with Gasteiger partial charge in [0, 0.05) is 26.3 Å². The molecule has 2 aromatic rings. The maximum atomic E-state index is 12.0. The van der Waals surface area contributed by atoms with Crippen molar-refractivity contribution in [2.75, 3.05) is 32.4 Å². The summed E-state index contributed by atoms with van der Waals surface area (Å²) in [5.74, 6) is 0.120. The molecule has 0 unspecified atom stereocenters. The fourth-order valence-electron chi connectivity index (χ4n) is 2.40. The van der Waals surface area contributed by atoms with Gasteiger partial charge in [0.05, 0.1) is 5.56 Å². The third-order valence-corrected chi connectivity index (χ3v) is 3.89. The van der Waals surface area contributed by atoms with Crippen LogP contribution < -0.4 is 19.7 Å². The van der Waals surface area contributed by atoms with Crippen LogP contribution in [0.1, 0.15) is 15.9 Å². The molecule has 2 aromatic carbocycles. The van der Waals surface area contributed by atoms with E-state index in [4.69, 9.17) is 14.2 Å². The third kappa shape index (κ3) is 4.24. The molecule has 0 saturated heterocycles. The van der Waals surface area contributed by atoms with Crippen molar-refractivity contribution < 1.29 is 23.8 Å². The number of nitrogens with one attached hydrogen (secondary N) is 1. The zero-order valence-corrected chi connectivity index (χ0v) is 14.7. The number of anilines is 1. The molecule has 0 atom stereocenters. The number of hydrogen-bond acceptors (Lipinski definition) is 6. The summed E-state index contributed by atoms with van der Waals surface area (Å²) in [5.41, 5.74) is 2.35. The summed E-state index contributed by atoms with van der Waals surface area (Å²) in [4.78, 5) is 25.9. The van der Waals surface area contributed by atoms with Gasteiger partial charge in [-0.25, -0.2) is 4.79 Å². The molecule has 7 nitrogen and oxygen atoms in total. The number of rotatable bonds is 6. The van der Waals surface area contributed by atoms with Gasteiger partial charge in [0.25, 0.3) is 5.91 Å². The highest BCUT2D eigenvalue weighted by Gasteiger charge is 2.17. The van der Waals surface area contributed by atoms with Crippen LogP contribution in [0, 0.1) is 0 Å². The molecular formula is C19H20N2O5. The van der Waals surface area contributed by atoms with Gasteiger partial charge in [-0.05, 0) is 35.9 Å². The molecule has 0 bridgehead atoms. The first-order valence-electron chi connectivity index (χ1n) is 8.12. The number of carbonyl (C=O) groups is 2. The van der Waals surface area contributed by atoms with E-state index in [1.165, 1.54) is 6.07 Å². The number of benzene rings is 2. The summed E-state index contributed by atoms with van der Waals surface area (Å²) in [7, 11) is 3.93. The van der Waals surface area contributed by atoms with Crippen molar-refractivity contribution in [3.63, 3.8) is 0 Å². The topological polar surface area (TPSA) is 77.1 Å². The van der Waals surface area contributed by atoms with Crippen LogP contribution in [0.25, 0.3) is 0 Å². The highest BCUT2D eigenvalue weighted by molar-refractivity contribution is 5.92. The number of nitrogens with zero attached hydrogens (tertiary/aromatic N) is 1. The lowest BCUT2D eigenvalue weighted by Crippen LogP contribution is -2.28. The van der Waals surface area contributed by atoms with E-state index < -0.39 is 5.97 Å². The molecule has 0 saturated carbocycles. The molecule has 1 N–H and O–H groups in total. The second-order valence-electron chi connectivity index (χ2n) is 5.98. The van der Waals surface area contributed by atoms with Crippen molar-refractivity contribution >= 4 is 17.6 Å². The lowest BCUT2D eigenvalue weighted by Gasteiger charge is -2.13. The minimum atomic E-state index is -0.589. The van der Waals surface area contributed by atoms with Crippen molar-refractivity contribution in [2.45, 2.75) is 6.54 Å². The third-order valence-electron chi connectivity index (χ3n) is 3.89. The van der Waals surface area contributed by atoms with E-state index in [9.17, 15) is 9.59 Å². The Morgan fingerprint density at radius 3 is 2.54 bits per heavy atom. The van der Waals surface area contributed by atoms with E-state index in [0.717, 1.165) is 11.3 Å². The Morgan fingerprint density at radius 2 is 1.81 bits per heavy atom. The minimum Gasteiger partial charge on any atom is -0.454 e. The van der Waals surface area contributed by atoms with Gasteiger partial charge in [0.2, 0.25) is 6.79 Å². The monoisotopic (exact) mass is 356 g/mol. The van der Waals surface area contributed by atoms with Crippen molar-refractivity contribution in [1.82, 2.24) is 5.32 Å². The zero-order chi connectivity index (χ0) is 18.5. The molecule has 3 rings (SSSR count). The van der Waals surface area contributed by atoms with Crippen molar-refractivity contribution in [3.8, 4) is 11.5 Å². The first kappa shape index (κ1) is 17.6. The van der Waals surface area contributed by atoms with Gasteiger partial charge in [0.15, 0.2) is 18.1 Å². The van der Waals surface area contributed by atoms with Crippen LogP contribution in [-0.2, 0) is 16.1 Å². The SMILES string of the molecule is CN(C)c1ccc(CNC(=O)COC(=O)c2ccc3c(c2)OCO3)cc1. The summed E-state index contributed by atoms with van der Waals surface area (Å²) >= 11 is 0. The van der Waals surface area contributed by atoms with Crippen LogP contribution in [0.2, 0.25) is 0 Å². The van der Waals surface area contributed by atoms with E-state index in [2.05, 4.69) is 5.32 Å². The van der Waals surface area contributed by atoms with Crippen molar-refractivity contribution in [3.05, 3.63) is 53.6 Å². The average molecular weight is 356 g/mol. The smallest absolute Gasteiger partial charge is 0.338 e. The summed E-state index contributed by atoms with van der Waals surface area (Å²) in [6, 6.07) is 12.6. The molecule has 7 heteroatoms. The molecule has 1 heterocycles. The van der Waals surface area contributed by atoms with Crippen LogP contribution in [-0.4, -0.2) is 39.4 Å². The fraction of sp³-hybridized carbons (Fsp3) is 0.263. The van der Waals surface area contributed by atoms with Crippen LogP contribution in [0.3, 0.4) is 0 Å². The maximum absolute atomic E-state index is 12.0. The number of ether oxygens (including phenoxy) is 3. The summed E-state index contributed by atoms with van der Waals surface area (Å²) < 4.78 is 15.4. The Bertz CT molecular complexity index is 802. The summed E-state index contributed by atoms with van der Waals surface area (Å²) in [6.07, 6.45) is 0. The number of hydrogen-bond donors (Lipinski definition) is 1. The minimum absolute atomic E-state index is 0.131. The highest BCUT2D eigenvalue weighted by Crippen LogP contribution is 2.32. The number of amides is 1. The highest BCUT2D eigenvalue weighted by atomic mass is 16.7. The maximum Gasteiger partial charge on any atom is 0.338 e. The molecule has 0 radical (unpaired) electrons. The van der Waals surface area contributed by atoms with E-state index in [0.29, 0.717) is 23.6 Å². The Balaban J connectivity index is 1.45. The standard InChI is InChI=1S/C19H20N2O5/c1-21(2)15-6-3-13(4-7-15)10-20-18(22)11-24-19(23)14-5-8-16-17(9-14)26-12-25-16/h3-9H,10-12H2,1-2H3,(H,20,22). The lowest BCUT2D eigenvalue weighted by atomic mass is 10.2. The van der Waals surface area contributed by atoms with Crippen molar-refractivity contribution in [2.24, 2.45) is 0 Å². The molecule has 0 fully saturated rings. The van der Waals surface area contributed by atoms with E-state index in [1.807, 2.05) is 43.3 Å². The molecule has 1 amide bonds. The van der Waals surface area contributed by atoms with Gasteiger partial charge in [-0.1, -0.05) is 12.1 Å². The number of fused-ring (bicyclic) bond motifs is 1. The second-order valence-corrected chi connectivity index (χ2v) is 5.98. The summed E-state index contributed by atoms with van der Waals surface area (Å²) in [5, 5.41) is 2.72. The average Bonchev–Trinajstić information content (AvgIpc) is 3.12. The van der Waals surface area contributed by atoms with Gasteiger partial charge in [-0.15, -0.1) is 0 Å². The first-order chi connectivity index (χ1) is 12.5. The second kappa shape index (κ2) is 7.77. The van der Waals surface area contributed by atoms with Gasteiger partial charge in [0.1, 0.15) is 0 Å². The summed E-state index contributed by atoms with van der Waals surface area (Å²) in [6.45, 7) is 0.156. The predicted octanol–water partition coefficient (Wildman–Crippen LogP) is 1.95. The van der Waals surface area contributed by atoms with Gasteiger partial charge in [-0.3, -0.25) is 4.79 Å². The molecule has 0 spiro atoms. The van der Waals surface area contributed by atoms with E-state index in [1.54, 1.807) is 12.1 Å². The molecule has 0 aromatic heterocycles.